The van der Waals surface area contributed by atoms with E-state index in [2.05, 4.69) is 0 Å². The predicted octanol–water partition coefficient (Wildman–Crippen LogP) is 15.2. The molecule has 0 aliphatic heterocycles. The lowest BCUT2D eigenvalue weighted by Crippen LogP contribution is -1.94. The zero-order valence-corrected chi connectivity index (χ0v) is 34.2. The molecule has 9 rings (SSSR count). The molecule has 0 amide bonds. The number of para-hydroxylation sites is 8. The number of nitrogen functional groups attached to an aromatic ring is 2. The van der Waals surface area contributed by atoms with Crippen molar-refractivity contribution in [3.63, 3.8) is 0 Å². The molecule has 64 heavy (non-hydrogen) atoms. The molecule has 0 spiro atoms. The van der Waals surface area contributed by atoms with Gasteiger partial charge in [0.05, 0.1) is 0 Å². The SMILES string of the molecule is Nc1cccc(Oc2cccc(Oc3ccccc3Oc3ccccc3Oc3cccc(Oc4ccccc4Oc4ccccc4Oc4cccc(Oc5cccc(N)c5)c4)c3)c2)c1. The first kappa shape index (κ1) is 40.4. The van der Waals surface area contributed by atoms with E-state index in [0.29, 0.717) is 103 Å². The molecule has 0 fully saturated rings. The molecule has 9 aromatic rings. The van der Waals surface area contributed by atoms with Gasteiger partial charge in [0.25, 0.3) is 0 Å². The molecule has 0 saturated heterocycles. The van der Waals surface area contributed by atoms with Crippen LogP contribution in [0.15, 0.2) is 218 Å². The van der Waals surface area contributed by atoms with Gasteiger partial charge in [-0.25, -0.2) is 0 Å². The van der Waals surface area contributed by atoms with Gasteiger partial charge in [-0.05, 0) is 109 Å². The minimum absolute atomic E-state index is 0.476. The van der Waals surface area contributed by atoms with Crippen molar-refractivity contribution in [2.75, 3.05) is 11.5 Å². The first-order chi connectivity index (χ1) is 31.5. The molecule has 0 aromatic heterocycles. The number of hydrogen-bond donors (Lipinski definition) is 2. The van der Waals surface area contributed by atoms with Gasteiger partial charge < -0.3 is 49.4 Å². The molecule has 10 nitrogen and oxygen atoms in total. The van der Waals surface area contributed by atoms with Crippen LogP contribution in [0, 0.1) is 0 Å². The maximum Gasteiger partial charge on any atom is 0.170 e. The Hall–Kier alpha value is -9.02. The fraction of sp³-hybridized carbons (Fsp3) is 0. The summed E-state index contributed by atoms with van der Waals surface area (Å²) in [4.78, 5) is 0. The fourth-order valence-corrected chi connectivity index (χ4v) is 6.45. The van der Waals surface area contributed by atoms with E-state index in [-0.39, 0.29) is 0 Å². The summed E-state index contributed by atoms with van der Waals surface area (Å²) >= 11 is 0. The standard InChI is InChI=1S/C54H40N2O8/c55-37-14-9-16-39(32-37)57-41-18-11-20-43(34-41)59-47-24-1-5-28-51(47)63-53-30-7-3-26-49(53)61-45-22-13-23-46(36-45)62-50-27-4-8-31-54(50)64-52-29-6-2-25-48(52)60-44-21-12-19-42(35-44)58-40-17-10-15-38(56)33-40/h1-36H,55-56H2. The number of nitrogens with two attached hydrogens (primary N) is 2. The molecular weight excluding hydrogens is 805 g/mol. The Bertz CT molecular complexity index is 2830. The Morgan fingerprint density at radius 3 is 0.641 bits per heavy atom. The second kappa shape index (κ2) is 19.1. The fourth-order valence-electron chi connectivity index (χ4n) is 6.45. The molecule has 0 saturated carbocycles. The van der Waals surface area contributed by atoms with E-state index >= 15 is 0 Å². The Morgan fingerprint density at radius 1 is 0.188 bits per heavy atom. The smallest absolute Gasteiger partial charge is 0.170 e. The van der Waals surface area contributed by atoms with E-state index in [0.717, 1.165) is 0 Å². The summed E-state index contributed by atoms with van der Waals surface area (Å²) in [5.41, 5.74) is 13.1. The van der Waals surface area contributed by atoms with E-state index in [1.165, 1.54) is 0 Å². The van der Waals surface area contributed by atoms with Gasteiger partial charge in [0.15, 0.2) is 46.0 Å². The summed E-state index contributed by atoms with van der Waals surface area (Å²) in [5.74, 6) is 8.48. The van der Waals surface area contributed by atoms with Gasteiger partial charge >= 0.3 is 0 Å². The third-order valence-corrected chi connectivity index (χ3v) is 9.35. The number of rotatable bonds is 16. The lowest BCUT2D eigenvalue weighted by molar-refractivity contribution is 0.387. The van der Waals surface area contributed by atoms with Crippen LogP contribution in [0.3, 0.4) is 0 Å². The predicted molar refractivity (Wildman–Crippen MR) is 247 cm³/mol. The normalized spacial score (nSPS) is 10.6. The monoisotopic (exact) mass is 844 g/mol. The Labute approximate surface area is 369 Å². The van der Waals surface area contributed by atoms with Crippen LogP contribution in [0.1, 0.15) is 0 Å². The average molecular weight is 845 g/mol. The first-order valence-electron chi connectivity index (χ1n) is 20.3. The molecular formula is C54H40N2O8. The van der Waals surface area contributed by atoms with Crippen molar-refractivity contribution in [3.8, 4) is 92.0 Å². The maximum absolute atomic E-state index is 6.44. The second-order valence-corrected chi connectivity index (χ2v) is 14.2. The Kier molecular flexibility index (Phi) is 12.1. The number of ether oxygens (including phenoxy) is 8. The van der Waals surface area contributed by atoms with Gasteiger partial charge in [0.2, 0.25) is 0 Å². The van der Waals surface area contributed by atoms with Crippen LogP contribution >= 0.6 is 0 Å². The van der Waals surface area contributed by atoms with Crippen molar-refractivity contribution < 1.29 is 37.9 Å². The van der Waals surface area contributed by atoms with Gasteiger partial charge in [0, 0.05) is 41.7 Å². The van der Waals surface area contributed by atoms with Crippen LogP contribution in [-0.4, -0.2) is 0 Å². The van der Waals surface area contributed by atoms with E-state index in [1.54, 1.807) is 42.5 Å². The second-order valence-electron chi connectivity index (χ2n) is 14.2. The van der Waals surface area contributed by atoms with Gasteiger partial charge in [-0.1, -0.05) is 78.9 Å². The molecule has 0 bridgehead atoms. The van der Waals surface area contributed by atoms with E-state index < -0.39 is 0 Å². The third-order valence-electron chi connectivity index (χ3n) is 9.35. The minimum atomic E-state index is 0.476. The van der Waals surface area contributed by atoms with Crippen LogP contribution in [0.2, 0.25) is 0 Å². The van der Waals surface area contributed by atoms with Crippen molar-refractivity contribution in [3.05, 3.63) is 218 Å². The van der Waals surface area contributed by atoms with Crippen molar-refractivity contribution in [1.82, 2.24) is 0 Å². The van der Waals surface area contributed by atoms with E-state index in [4.69, 9.17) is 49.4 Å². The van der Waals surface area contributed by atoms with Crippen molar-refractivity contribution in [1.29, 1.82) is 0 Å². The minimum Gasteiger partial charge on any atom is -0.457 e. The summed E-state index contributed by atoms with van der Waals surface area (Å²) in [6.45, 7) is 0. The van der Waals surface area contributed by atoms with Gasteiger partial charge in [0.1, 0.15) is 46.0 Å². The van der Waals surface area contributed by atoms with Crippen molar-refractivity contribution in [2.24, 2.45) is 0 Å². The molecule has 4 N–H and O–H groups in total. The summed E-state index contributed by atoms with van der Waals surface area (Å²) in [6.07, 6.45) is 0. The average Bonchev–Trinajstić information content (AvgIpc) is 3.29. The number of benzene rings is 9. The molecule has 10 heteroatoms. The highest BCUT2D eigenvalue weighted by molar-refractivity contribution is 5.54. The van der Waals surface area contributed by atoms with E-state index in [1.807, 2.05) is 176 Å². The van der Waals surface area contributed by atoms with Crippen LogP contribution in [-0.2, 0) is 0 Å². The van der Waals surface area contributed by atoms with Gasteiger partial charge in [-0.15, -0.1) is 0 Å². The maximum atomic E-state index is 6.44. The summed E-state index contributed by atoms with van der Waals surface area (Å²) < 4.78 is 50.3. The highest BCUT2D eigenvalue weighted by Gasteiger charge is 2.15. The lowest BCUT2D eigenvalue weighted by Gasteiger charge is -2.16. The highest BCUT2D eigenvalue weighted by atomic mass is 16.6. The van der Waals surface area contributed by atoms with Crippen LogP contribution in [0.25, 0.3) is 0 Å². The molecule has 0 unspecified atom stereocenters. The third kappa shape index (κ3) is 10.5. The van der Waals surface area contributed by atoms with E-state index in [9.17, 15) is 0 Å². The van der Waals surface area contributed by atoms with Crippen LogP contribution < -0.4 is 49.4 Å². The topological polar surface area (TPSA) is 126 Å². The molecule has 0 aliphatic rings. The number of hydrogen-bond acceptors (Lipinski definition) is 10. The molecule has 0 atom stereocenters. The van der Waals surface area contributed by atoms with Gasteiger partial charge in [-0.2, -0.15) is 0 Å². The van der Waals surface area contributed by atoms with Crippen LogP contribution in [0.5, 0.6) is 92.0 Å². The van der Waals surface area contributed by atoms with Crippen molar-refractivity contribution in [2.45, 2.75) is 0 Å². The first-order valence-corrected chi connectivity index (χ1v) is 20.3. The van der Waals surface area contributed by atoms with Crippen LogP contribution in [0.4, 0.5) is 11.4 Å². The largest absolute Gasteiger partial charge is 0.457 e. The Morgan fingerprint density at radius 2 is 0.391 bits per heavy atom. The zero-order valence-electron chi connectivity index (χ0n) is 34.2. The molecule has 9 aromatic carbocycles. The summed E-state index contributed by atoms with van der Waals surface area (Å²) in [7, 11) is 0. The molecule has 0 radical (unpaired) electrons. The molecule has 0 heterocycles. The highest BCUT2D eigenvalue weighted by Crippen LogP contribution is 2.43. The summed E-state index contributed by atoms with van der Waals surface area (Å²) in [6, 6.07) is 66.1. The zero-order chi connectivity index (χ0) is 43.5. The number of anilines is 2. The van der Waals surface area contributed by atoms with Crippen molar-refractivity contribution >= 4 is 11.4 Å². The Balaban J connectivity index is 0.876. The lowest BCUT2D eigenvalue weighted by atomic mass is 10.2. The quantitative estimate of drug-likeness (QED) is 0.0908. The molecule has 314 valence electrons. The summed E-state index contributed by atoms with van der Waals surface area (Å²) in [5, 5.41) is 0. The molecule has 0 aliphatic carbocycles. The van der Waals surface area contributed by atoms with Gasteiger partial charge in [-0.3, -0.25) is 0 Å².